The van der Waals surface area contributed by atoms with Gasteiger partial charge in [0.2, 0.25) is 0 Å². The molecule has 0 aromatic carbocycles. The number of esters is 2. The summed E-state index contributed by atoms with van der Waals surface area (Å²) >= 11 is 0. The molecule has 0 amide bonds. The van der Waals surface area contributed by atoms with Crippen LogP contribution in [0.2, 0.25) is 0 Å². The van der Waals surface area contributed by atoms with E-state index < -0.39 is 0 Å². The normalized spacial score (nSPS) is 28.5. The van der Waals surface area contributed by atoms with Gasteiger partial charge in [-0.2, -0.15) is 0 Å². The van der Waals surface area contributed by atoms with Crippen molar-refractivity contribution in [3.63, 3.8) is 0 Å². The van der Waals surface area contributed by atoms with Gasteiger partial charge < -0.3 is 14.2 Å². The summed E-state index contributed by atoms with van der Waals surface area (Å²) in [6.07, 6.45) is 12.7. The first-order chi connectivity index (χ1) is 14.0. The fourth-order valence-electron chi connectivity index (χ4n) is 4.30. The molecule has 0 spiro atoms. The van der Waals surface area contributed by atoms with Crippen LogP contribution in [-0.4, -0.2) is 36.9 Å². The molecule has 0 saturated heterocycles. The molecule has 2 aliphatic rings. The first-order valence-electron chi connectivity index (χ1n) is 12.1. The predicted molar refractivity (Wildman–Crippen MR) is 114 cm³/mol. The van der Waals surface area contributed by atoms with Crippen LogP contribution in [0.25, 0.3) is 0 Å². The number of ether oxygens (including phenoxy) is 3. The van der Waals surface area contributed by atoms with Gasteiger partial charge in [-0.15, -0.1) is 0 Å². The topological polar surface area (TPSA) is 61.8 Å². The molecule has 0 aromatic heterocycles. The molecule has 2 aliphatic carbocycles. The smallest absolute Gasteiger partial charge is 0.309 e. The molecule has 1 unspecified atom stereocenters. The maximum atomic E-state index is 12.6. The van der Waals surface area contributed by atoms with Gasteiger partial charge in [0.1, 0.15) is 6.10 Å². The fourth-order valence-corrected chi connectivity index (χ4v) is 4.30. The van der Waals surface area contributed by atoms with Gasteiger partial charge in [-0.25, -0.2) is 0 Å². The van der Waals surface area contributed by atoms with Crippen molar-refractivity contribution >= 4 is 11.9 Å². The van der Waals surface area contributed by atoms with Crippen molar-refractivity contribution in [1.82, 2.24) is 0 Å². The Morgan fingerprint density at radius 1 is 0.793 bits per heavy atom. The number of carbonyl (C=O) groups is 2. The molecule has 5 heteroatoms. The van der Waals surface area contributed by atoms with Crippen molar-refractivity contribution in [3.8, 4) is 0 Å². The lowest BCUT2D eigenvalue weighted by Gasteiger charge is -2.31. The molecule has 2 rings (SSSR count). The molecule has 2 fully saturated rings. The van der Waals surface area contributed by atoms with E-state index in [-0.39, 0.29) is 36.0 Å². The van der Waals surface area contributed by atoms with Crippen LogP contribution in [0.4, 0.5) is 0 Å². The standard InChI is InChI=1S/C24H42O5/c1-4-6-7-8-17-27-21-13-9-20(10-14-21)24(26)29-22-15-11-19(12-16-22)23(25)28-18(3)5-2/h18-22H,4-17H2,1-3H3. The maximum absolute atomic E-state index is 12.6. The van der Waals surface area contributed by atoms with Crippen molar-refractivity contribution in [2.45, 2.75) is 123 Å². The first kappa shape index (κ1) is 24.2. The zero-order valence-corrected chi connectivity index (χ0v) is 18.8. The minimum absolute atomic E-state index is 0.0167. The third-order valence-electron chi connectivity index (χ3n) is 6.54. The molecule has 0 aromatic rings. The zero-order chi connectivity index (χ0) is 21.1. The Morgan fingerprint density at radius 2 is 1.38 bits per heavy atom. The maximum Gasteiger partial charge on any atom is 0.309 e. The quantitative estimate of drug-likeness (QED) is 0.328. The highest BCUT2D eigenvalue weighted by molar-refractivity contribution is 5.73. The molecule has 2 saturated carbocycles. The van der Waals surface area contributed by atoms with E-state index in [2.05, 4.69) is 6.92 Å². The molecule has 29 heavy (non-hydrogen) atoms. The molecular weight excluding hydrogens is 368 g/mol. The van der Waals surface area contributed by atoms with Crippen LogP contribution in [0.5, 0.6) is 0 Å². The van der Waals surface area contributed by atoms with Gasteiger partial charge in [-0.05, 0) is 71.1 Å². The second-order valence-corrected chi connectivity index (χ2v) is 8.97. The molecule has 0 radical (unpaired) electrons. The summed E-state index contributed by atoms with van der Waals surface area (Å²) in [6, 6.07) is 0. The van der Waals surface area contributed by atoms with Gasteiger partial charge in [-0.3, -0.25) is 9.59 Å². The van der Waals surface area contributed by atoms with Crippen LogP contribution in [0.1, 0.15) is 104 Å². The highest BCUT2D eigenvalue weighted by atomic mass is 16.5. The van der Waals surface area contributed by atoms with Gasteiger partial charge in [0.05, 0.1) is 24.0 Å². The summed E-state index contributed by atoms with van der Waals surface area (Å²) < 4.78 is 17.2. The number of rotatable bonds is 11. The second-order valence-electron chi connectivity index (χ2n) is 8.97. The Labute approximate surface area is 177 Å². The van der Waals surface area contributed by atoms with E-state index in [4.69, 9.17) is 14.2 Å². The van der Waals surface area contributed by atoms with E-state index in [1.54, 1.807) is 0 Å². The van der Waals surface area contributed by atoms with Crippen molar-refractivity contribution in [3.05, 3.63) is 0 Å². The van der Waals surface area contributed by atoms with E-state index in [0.717, 1.165) is 70.8 Å². The zero-order valence-electron chi connectivity index (χ0n) is 18.8. The predicted octanol–water partition coefficient (Wildman–Crippen LogP) is 5.59. The lowest BCUT2D eigenvalue weighted by Crippen LogP contribution is -2.33. The lowest BCUT2D eigenvalue weighted by atomic mass is 9.86. The Bertz CT molecular complexity index is 476. The number of carbonyl (C=O) groups excluding carboxylic acids is 2. The Balaban J connectivity index is 1.60. The van der Waals surface area contributed by atoms with Crippen LogP contribution in [0.3, 0.4) is 0 Å². The monoisotopic (exact) mass is 410 g/mol. The number of hydrogen-bond donors (Lipinski definition) is 0. The van der Waals surface area contributed by atoms with Crippen molar-refractivity contribution in [1.29, 1.82) is 0 Å². The van der Waals surface area contributed by atoms with E-state index in [9.17, 15) is 9.59 Å². The molecule has 1 atom stereocenters. The van der Waals surface area contributed by atoms with Crippen LogP contribution in [-0.2, 0) is 23.8 Å². The van der Waals surface area contributed by atoms with Crippen LogP contribution < -0.4 is 0 Å². The molecule has 5 nitrogen and oxygen atoms in total. The average Bonchev–Trinajstić information content (AvgIpc) is 2.74. The third-order valence-corrected chi connectivity index (χ3v) is 6.54. The Kier molecular flexibility index (Phi) is 11.0. The van der Waals surface area contributed by atoms with Crippen molar-refractivity contribution in [2.75, 3.05) is 6.61 Å². The average molecular weight is 411 g/mol. The van der Waals surface area contributed by atoms with E-state index >= 15 is 0 Å². The summed E-state index contributed by atoms with van der Waals surface area (Å²) in [7, 11) is 0. The molecule has 0 bridgehead atoms. The summed E-state index contributed by atoms with van der Waals surface area (Å²) in [4.78, 5) is 24.7. The van der Waals surface area contributed by atoms with Gasteiger partial charge >= 0.3 is 11.9 Å². The van der Waals surface area contributed by atoms with E-state index in [0.29, 0.717) is 6.10 Å². The van der Waals surface area contributed by atoms with Gasteiger partial charge in [0.15, 0.2) is 0 Å². The van der Waals surface area contributed by atoms with E-state index in [1.807, 2.05) is 13.8 Å². The number of unbranched alkanes of at least 4 members (excludes halogenated alkanes) is 3. The van der Waals surface area contributed by atoms with Gasteiger partial charge in [0.25, 0.3) is 0 Å². The molecule has 0 aliphatic heterocycles. The summed E-state index contributed by atoms with van der Waals surface area (Å²) in [5.74, 6) is -0.152. The first-order valence-corrected chi connectivity index (χ1v) is 12.1. The Morgan fingerprint density at radius 3 is 1.97 bits per heavy atom. The highest BCUT2D eigenvalue weighted by Crippen LogP contribution is 2.31. The SMILES string of the molecule is CCCCCCOC1CCC(C(=O)OC2CCC(C(=O)OC(C)CC)CC2)CC1. The summed E-state index contributed by atoms with van der Waals surface area (Å²) in [5.41, 5.74) is 0. The number of hydrogen-bond acceptors (Lipinski definition) is 5. The fraction of sp³-hybridized carbons (Fsp3) is 0.917. The Hall–Kier alpha value is -1.10. The van der Waals surface area contributed by atoms with Gasteiger partial charge in [-0.1, -0.05) is 33.1 Å². The lowest BCUT2D eigenvalue weighted by molar-refractivity contribution is -0.161. The second kappa shape index (κ2) is 13.3. The largest absolute Gasteiger partial charge is 0.462 e. The summed E-state index contributed by atoms with van der Waals surface area (Å²) in [5, 5.41) is 0. The van der Waals surface area contributed by atoms with Crippen molar-refractivity contribution in [2.24, 2.45) is 11.8 Å². The highest BCUT2D eigenvalue weighted by Gasteiger charge is 2.33. The molecule has 0 heterocycles. The minimum Gasteiger partial charge on any atom is -0.462 e. The van der Waals surface area contributed by atoms with Crippen LogP contribution >= 0.6 is 0 Å². The van der Waals surface area contributed by atoms with E-state index in [1.165, 1.54) is 19.3 Å². The molecule has 168 valence electrons. The molecule has 0 N–H and O–H groups in total. The van der Waals surface area contributed by atoms with Crippen molar-refractivity contribution < 1.29 is 23.8 Å². The third kappa shape index (κ3) is 8.65. The summed E-state index contributed by atoms with van der Waals surface area (Å²) in [6.45, 7) is 7.01. The molecular formula is C24H42O5. The van der Waals surface area contributed by atoms with Crippen LogP contribution in [0, 0.1) is 11.8 Å². The minimum atomic E-state index is -0.0860. The van der Waals surface area contributed by atoms with Crippen LogP contribution in [0.15, 0.2) is 0 Å². The van der Waals surface area contributed by atoms with Gasteiger partial charge in [0, 0.05) is 6.61 Å².